The third-order valence-electron chi connectivity index (χ3n) is 3.72. The number of ether oxygens (including phenoxy) is 4. The maximum Gasteiger partial charge on any atom is 0.307 e. The van der Waals surface area contributed by atoms with Gasteiger partial charge in [0.1, 0.15) is 6.61 Å². The highest BCUT2D eigenvalue weighted by atomic mass is 19.1. The third-order valence-corrected chi connectivity index (χ3v) is 3.72. The van der Waals surface area contributed by atoms with Crippen LogP contribution >= 0.6 is 0 Å². The summed E-state index contributed by atoms with van der Waals surface area (Å²) in [5.41, 5.74) is 1.03. The fraction of sp³-hybridized carbons (Fsp3) is 0.409. The van der Waals surface area contributed by atoms with Gasteiger partial charge >= 0.3 is 5.97 Å². The van der Waals surface area contributed by atoms with E-state index in [1.54, 1.807) is 39.3 Å². The maximum absolute atomic E-state index is 13.2. The monoisotopic (exact) mass is 407 g/mol. The van der Waals surface area contributed by atoms with Gasteiger partial charge in [0, 0.05) is 27.3 Å². The van der Waals surface area contributed by atoms with Gasteiger partial charge in [-0.1, -0.05) is 42.5 Å². The summed E-state index contributed by atoms with van der Waals surface area (Å²) in [5.74, 6) is -0.221. The molecule has 0 saturated carbocycles. The fourth-order valence-electron chi connectivity index (χ4n) is 2.20. The average molecular weight is 407 g/mol. The summed E-state index contributed by atoms with van der Waals surface area (Å²) in [6, 6.07) is 16.1. The zero-order valence-electron chi connectivity index (χ0n) is 17.2. The molecule has 0 amide bonds. The molecule has 0 bridgehead atoms. The summed E-state index contributed by atoms with van der Waals surface area (Å²) in [6.45, 7) is 3.74. The minimum atomic E-state index is -0.326. The zero-order valence-corrected chi connectivity index (χ0v) is 17.2. The molecule has 2 aromatic rings. The van der Waals surface area contributed by atoms with Crippen LogP contribution in [0.25, 0.3) is 0 Å². The van der Waals surface area contributed by atoms with Crippen LogP contribution in [0.2, 0.25) is 0 Å². The third kappa shape index (κ3) is 11.2. The first-order chi connectivity index (χ1) is 14.1. The van der Waals surface area contributed by atoms with Crippen LogP contribution in [-0.4, -0.2) is 46.2 Å². The van der Waals surface area contributed by atoms with Gasteiger partial charge in [-0.3, -0.25) is 4.79 Å². The Hall–Kier alpha value is -2.48. The molecule has 160 valence electrons. The molecule has 6 nitrogen and oxygen atoms in total. The van der Waals surface area contributed by atoms with Gasteiger partial charge in [0.05, 0.1) is 13.0 Å². The lowest BCUT2D eigenvalue weighted by molar-refractivity contribution is -0.143. The fourth-order valence-corrected chi connectivity index (χ4v) is 2.20. The molecule has 2 aromatic carbocycles. The van der Waals surface area contributed by atoms with Gasteiger partial charge in [0.25, 0.3) is 0 Å². The average Bonchev–Trinajstić information content (AvgIpc) is 2.75. The zero-order chi connectivity index (χ0) is 21.3. The van der Waals surface area contributed by atoms with Crippen LogP contribution in [0.5, 0.6) is 5.75 Å². The highest BCUT2D eigenvalue weighted by Crippen LogP contribution is 2.16. The summed E-state index contributed by atoms with van der Waals surface area (Å²) in [4.78, 5) is 10.9. The van der Waals surface area contributed by atoms with E-state index in [1.165, 1.54) is 6.07 Å². The van der Waals surface area contributed by atoms with E-state index in [1.807, 2.05) is 30.3 Å². The molecule has 0 aliphatic heterocycles. The van der Waals surface area contributed by atoms with Crippen molar-refractivity contribution in [3.8, 4) is 5.75 Å². The molecule has 0 spiro atoms. The van der Waals surface area contributed by atoms with Gasteiger partial charge in [-0.05, 0) is 24.6 Å². The van der Waals surface area contributed by atoms with E-state index in [0.717, 1.165) is 5.56 Å². The van der Waals surface area contributed by atoms with Crippen LogP contribution < -0.4 is 10.1 Å². The molecule has 29 heavy (non-hydrogen) atoms. The minimum absolute atomic E-state index is 0.189. The van der Waals surface area contributed by atoms with Crippen molar-refractivity contribution in [1.82, 2.24) is 5.32 Å². The van der Waals surface area contributed by atoms with E-state index in [4.69, 9.17) is 18.9 Å². The second kappa shape index (κ2) is 15.4. The number of halogens is 1. The first-order valence-corrected chi connectivity index (χ1v) is 9.43. The number of benzene rings is 2. The molecule has 0 aromatic heterocycles. The van der Waals surface area contributed by atoms with Crippen LogP contribution in [0.4, 0.5) is 4.39 Å². The van der Waals surface area contributed by atoms with Crippen LogP contribution in [0.1, 0.15) is 18.9 Å². The number of carbonyl (C=O) groups excluding carboxylic acids is 1. The number of hydrogen-bond donors (Lipinski definition) is 1. The van der Waals surface area contributed by atoms with Crippen molar-refractivity contribution in [3.63, 3.8) is 0 Å². The minimum Gasteiger partial charge on any atom is -0.486 e. The first-order valence-electron chi connectivity index (χ1n) is 9.43. The predicted octanol–water partition coefficient (Wildman–Crippen LogP) is 3.55. The summed E-state index contributed by atoms with van der Waals surface area (Å²) in [7, 11) is 3.14. The summed E-state index contributed by atoms with van der Waals surface area (Å²) in [5, 5.41) is 3.03. The Bertz CT molecular complexity index is 680. The molecule has 1 N–H and O–H groups in total. The molecular weight excluding hydrogens is 377 g/mol. The molecule has 0 aliphatic carbocycles. The number of para-hydroxylation sites is 1. The lowest BCUT2D eigenvalue weighted by atomic mass is 10.2. The molecular formula is C22H30FNO5. The van der Waals surface area contributed by atoms with Crippen LogP contribution in [0.15, 0.2) is 54.6 Å². The van der Waals surface area contributed by atoms with Gasteiger partial charge in [0.15, 0.2) is 17.9 Å². The van der Waals surface area contributed by atoms with Gasteiger partial charge in [-0.15, -0.1) is 0 Å². The molecule has 7 heteroatoms. The molecule has 0 aliphatic rings. The van der Waals surface area contributed by atoms with Crippen molar-refractivity contribution >= 4 is 5.97 Å². The highest BCUT2D eigenvalue weighted by molar-refractivity contribution is 5.69. The topological polar surface area (TPSA) is 66.0 Å². The Morgan fingerprint density at radius 3 is 2.31 bits per heavy atom. The Labute approximate surface area is 171 Å². The summed E-state index contributed by atoms with van der Waals surface area (Å²) >= 11 is 0. The Balaban J connectivity index is 0.000000291. The van der Waals surface area contributed by atoms with Crippen molar-refractivity contribution in [1.29, 1.82) is 0 Å². The number of methoxy groups -OCH3 is 2. The summed E-state index contributed by atoms with van der Waals surface area (Å²) < 4.78 is 33.2. The van der Waals surface area contributed by atoms with Crippen molar-refractivity contribution < 1.29 is 28.1 Å². The van der Waals surface area contributed by atoms with Crippen molar-refractivity contribution in [2.45, 2.75) is 26.2 Å². The van der Waals surface area contributed by atoms with E-state index in [-0.39, 0.29) is 18.1 Å². The van der Waals surface area contributed by atoms with E-state index >= 15 is 0 Å². The Morgan fingerprint density at radius 1 is 1.03 bits per heavy atom. The number of nitrogens with one attached hydrogen (secondary N) is 1. The standard InChI is InChI=1S/C13H11FO.C9H19NO4/c14-12-8-4-5-9-13(12)15-10-11-6-2-1-3-7-11;1-4-14-8(11)5-6-10-7-9(12-2)13-3/h1-9H,10H2;9-10H,4-7H2,1-3H3. The number of carbonyl (C=O) groups is 1. The van der Waals surface area contributed by atoms with Gasteiger partial charge < -0.3 is 24.3 Å². The SMILES string of the molecule is CCOC(=O)CCNCC(OC)OC.Fc1ccccc1OCc1ccccc1. The smallest absolute Gasteiger partial charge is 0.307 e. The normalized spacial score (nSPS) is 10.2. The Morgan fingerprint density at radius 2 is 1.69 bits per heavy atom. The van der Waals surface area contributed by atoms with Gasteiger partial charge in [-0.25, -0.2) is 4.39 Å². The second-order valence-electron chi connectivity index (χ2n) is 5.86. The molecule has 0 unspecified atom stereocenters. The lowest BCUT2D eigenvalue weighted by Gasteiger charge is -2.13. The molecule has 0 atom stereocenters. The van der Waals surface area contributed by atoms with Crippen LogP contribution in [0.3, 0.4) is 0 Å². The maximum atomic E-state index is 13.2. The molecule has 2 rings (SSSR count). The summed E-state index contributed by atoms with van der Waals surface area (Å²) in [6.07, 6.45) is 0.103. The Kier molecular flexibility index (Phi) is 13.1. The molecule has 0 saturated heterocycles. The molecule has 0 radical (unpaired) electrons. The second-order valence-corrected chi connectivity index (χ2v) is 5.86. The van der Waals surface area contributed by atoms with E-state index in [2.05, 4.69) is 5.32 Å². The van der Waals surface area contributed by atoms with Gasteiger partial charge in [0.2, 0.25) is 0 Å². The van der Waals surface area contributed by atoms with Crippen molar-refractivity contribution in [2.75, 3.05) is 33.9 Å². The number of esters is 1. The number of hydrogen-bond acceptors (Lipinski definition) is 6. The van der Waals surface area contributed by atoms with Crippen LogP contribution in [0, 0.1) is 5.82 Å². The highest BCUT2D eigenvalue weighted by Gasteiger charge is 2.05. The predicted molar refractivity (Wildman–Crippen MR) is 109 cm³/mol. The van der Waals surface area contributed by atoms with Crippen molar-refractivity contribution in [2.24, 2.45) is 0 Å². The van der Waals surface area contributed by atoms with Crippen LogP contribution in [-0.2, 0) is 25.6 Å². The van der Waals surface area contributed by atoms with Crippen molar-refractivity contribution in [3.05, 3.63) is 66.0 Å². The first kappa shape index (κ1) is 24.6. The van der Waals surface area contributed by atoms with E-state index in [9.17, 15) is 9.18 Å². The van der Waals surface area contributed by atoms with E-state index < -0.39 is 0 Å². The largest absolute Gasteiger partial charge is 0.486 e. The lowest BCUT2D eigenvalue weighted by Crippen LogP contribution is -2.31. The molecule has 0 heterocycles. The number of rotatable bonds is 11. The quantitative estimate of drug-likeness (QED) is 0.349. The van der Waals surface area contributed by atoms with E-state index in [0.29, 0.717) is 38.5 Å². The van der Waals surface area contributed by atoms with Gasteiger partial charge in [-0.2, -0.15) is 0 Å². The molecule has 0 fully saturated rings.